The number of nitrogens with two attached hydrogens (primary N) is 1. The number of furan rings is 1. The van der Waals surface area contributed by atoms with E-state index in [0.29, 0.717) is 4.67 Å². The summed E-state index contributed by atoms with van der Waals surface area (Å²) in [6.45, 7) is 3.83. The Labute approximate surface area is 125 Å². The molecule has 3 rings (SSSR count). The Bertz CT molecular complexity index is 691. The number of nitrogens with one attached hydrogen (secondary N) is 1. The van der Waals surface area contributed by atoms with Gasteiger partial charge in [-0.3, -0.25) is 4.79 Å². The van der Waals surface area contributed by atoms with Crippen molar-refractivity contribution in [1.29, 1.82) is 0 Å². The molecule has 0 aliphatic carbocycles. The van der Waals surface area contributed by atoms with Crippen LogP contribution in [0.5, 0.6) is 0 Å². The Balaban J connectivity index is 2.04. The number of hydrogen-bond acceptors (Lipinski definition) is 3. The zero-order valence-electron chi connectivity index (χ0n) is 11.2. The van der Waals surface area contributed by atoms with Crippen molar-refractivity contribution in [2.45, 2.75) is 25.3 Å². The van der Waals surface area contributed by atoms with Gasteiger partial charge in [0.15, 0.2) is 4.67 Å². The number of rotatable bonds is 2. The lowest BCUT2D eigenvalue weighted by molar-refractivity contribution is -0.119. The van der Waals surface area contributed by atoms with Crippen LogP contribution in [0.1, 0.15) is 36.6 Å². The Hall–Kier alpha value is -1.59. The molecular formula is C15H15BrN2O2. The van der Waals surface area contributed by atoms with Crippen LogP contribution in [-0.2, 0) is 10.2 Å². The molecule has 0 saturated carbocycles. The molecule has 0 radical (unpaired) electrons. The van der Waals surface area contributed by atoms with Crippen molar-refractivity contribution in [3.63, 3.8) is 0 Å². The molecule has 0 fully saturated rings. The smallest absolute Gasteiger partial charge is 0.234 e. The Morgan fingerprint density at radius 3 is 2.75 bits per heavy atom. The summed E-state index contributed by atoms with van der Waals surface area (Å²) in [6.07, 6.45) is 1.60. The molecule has 20 heavy (non-hydrogen) atoms. The highest BCUT2D eigenvalue weighted by molar-refractivity contribution is 9.10. The Morgan fingerprint density at radius 2 is 2.10 bits per heavy atom. The highest BCUT2D eigenvalue weighted by Gasteiger charge is 2.38. The molecule has 2 aromatic rings. The van der Waals surface area contributed by atoms with Crippen molar-refractivity contribution in [3.05, 3.63) is 51.9 Å². The maximum Gasteiger partial charge on any atom is 0.234 e. The van der Waals surface area contributed by atoms with Crippen molar-refractivity contribution in [2.24, 2.45) is 5.73 Å². The third kappa shape index (κ3) is 1.89. The fraction of sp³-hybridized carbons (Fsp3) is 0.267. The second-order valence-corrected chi connectivity index (χ2v) is 6.23. The van der Waals surface area contributed by atoms with Gasteiger partial charge in [0.05, 0.1) is 17.7 Å². The lowest BCUT2D eigenvalue weighted by Gasteiger charge is -2.18. The monoisotopic (exact) mass is 334 g/mol. The SMILES string of the molecule is CC1(C)C(=O)Nc2ccc(C(N)c3ccoc3Br)cc21. The number of benzene rings is 1. The van der Waals surface area contributed by atoms with E-state index in [9.17, 15) is 4.79 Å². The first-order valence-corrected chi connectivity index (χ1v) is 7.15. The summed E-state index contributed by atoms with van der Waals surface area (Å²) in [7, 11) is 0. The van der Waals surface area contributed by atoms with E-state index in [0.717, 1.165) is 22.4 Å². The van der Waals surface area contributed by atoms with E-state index in [1.54, 1.807) is 6.26 Å². The average Bonchev–Trinajstić information content (AvgIpc) is 2.92. The molecule has 1 atom stereocenters. The second kappa shape index (κ2) is 4.46. The van der Waals surface area contributed by atoms with Gasteiger partial charge in [0.25, 0.3) is 0 Å². The fourth-order valence-corrected chi connectivity index (χ4v) is 2.98. The van der Waals surface area contributed by atoms with Gasteiger partial charge >= 0.3 is 0 Å². The number of hydrogen-bond donors (Lipinski definition) is 2. The molecule has 3 N–H and O–H groups in total. The van der Waals surface area contributed by atoms with E-state index in [2.05, 4.69) is 21.2 Å². The van der Waals surface area contributed by atoms with Crippen molar-refractivity contribution >= 4 is 27.5 Å². The number of amides is 1. The molecule has 0 bridgehead atoms. The van der Waals surface area contributed by atoms with Gasteiger partial charge in [-0.2, -0.15) is 0 Å². The predicted octanol–water partition coefficient (Wildman–Crippen LogP) is 3.32. The van der Waals surface area contributed by atoms with Crippen LogP contribution >= 0.6 is 15.9 Å². The summed E-state index contributed by atoms with van der Waals surface area (Å²) in [5.74, 6) is 0.0164. The summed E-state index contributed by atoms with van der Waals surface area (Å²) in [6, 6.07) is 7.39. The Kier molecular flexibility index (Phi) is 2.99. The van der Waals surface area contributed by atoms with E-state index >= 15 is 0 Å². The number of fused-ring (bicyclic) bond motifs is 1. The molecule has 4 nitrogen and oxygen atoms in total. The van der Waals surface area contributed by atoms with Crippen LogP contribution in [0.25, 0.3) is 0 Å². The lowest BCUT2D eigenvalue weighted by atomic mass is 9.84. The highest BCUT2D eigenvalue weighted by atomic mass is 79.9. The van der Waals surface area contributed by atoms with Crippen LogP contribution in [-0.4, -0.2) is 5.91 Å². The summed E-state index contributed by atoms with van der Waals surface area (Å²) in [5.41, 5.74) is 9.44. The van der Waals surface area contributed by atoms with Crippen LogP contribution in [0.3, 0.4) is 0 Å². The topological polar surface area (TPSA) is 68.3 Å². The fourth-order valence-electron chi connectivity index (χ4n) is 2.49. The molecule has 0 spiro atoms. The largest absolute Gasteiger partial charge is 0.457 e. The molecule has 1 aliphatic rings. The Morgan fingerprint density at radius 1 is 1.35 bits per heavy atom. The van der Waals surface area contributed by atoms with Crippen LogP contribution < -0.4 is 11.1 Å². The van der Waals surface area contributed by atoms with E-state index in [1.807, 2.05) is 38.1 Å². The minimum absolute atomic E-state index is 0.0164. The number of anilines is 1. The first kappa shape index (κ1) is 13.4. The minimum Gasteiger partial charge on any atom is -0.457 e. The highest BCUT2D eigenvalue weighted by Crippen LogP contribution is 2.39. The van der Waals surface area contributed by atoms with Gasteiger partial charge in [0.1, 0.15) is 0 Å². The third-order valence-corrected chi connectivity index (χ3v) is 4.52. The molecule has 1 aromatic carbocycles. The molecule has 1 unspecified atom stereocenters. The summed E-state index contributed by atoms with van der Waals surface area (Å²) < 4.78 is 5.87. The van der Waals surface area contributed by atoms with E-state index in [1.165, 1.54) is 0 Å². The molecule has 1 amide bonds. The molecule has 0 saturated heterocycles. The normalized spacial score (nSPS) is 17.7. The van der Waals surface area contributed by atoms with Gasteiger partial charge in [-0.25, -0.2) is 0 Å². The number of halogens is 1. The van der Waals surface area contributed by atoms with E-state index in [-0.39, 0.29) is 11.9 Å². The van der Waals surface area contributed by atoms with E-state index in [4.69, 9.17) is 10.2 Å². The first-order chi connectivity index (χ1) is 9.41. The second-order valence-electron chi connectivity index (χ2n) is 5.51. The van der Waals surface area contributed by atoms with Crippen LogP contribution in [0, 0.1) is 0 Å². The standard InChI is InChI=1S/C15H15BrN2O2/c1-15(2)10-7-8(3-4-11(10)18-14(15)19)12(17)9-5-6-20-13(9)16/h3-7,12H,17H2,1-2H3,(H,18,19). The molecule has 2 heterocycles. The third-order valence-electron chi connectivity index (χ3n) is 3.87. The van der Waals surface area contributed by atoms with Gasteiger partial charge in [-0.05, 0) is 53.0 Å². The van der Waals surface area contributed by atoms with Gasteiger partial charge in [-0.15, -0.1) is 0 Å². The van der Waals surface area contributed by atoms with Crippen molar-refractivity contribution < 1.29 is 9.21 Å². The van der Waals surface area contributed by atoms with Crippen molar-refractivity contribution in [3.8, 4) is 0 Å². The number of carbonyl (C=O) groups is 1. The van der Waals surface area contributed by atoms with Gasteiger partial charge in [0, 0.05) is 11.3 Å². The van der Waals surface area contributed by atoms with Crippen molar-refractivity contribution in [2.75, 3.05) is 5.32 Å². The molecule has 1 aromatic heterocycles. The predicted molar refractivity (Wildman–Crippen MR) is 80.5 cm³/mol. The maximum atomic E-state index is 12.0. The van der Waals surface area contributed by atoms with Gasteiger partial charge in [0.2, 0.25) is 5.91 Å². The van der Waals surface area contributed by atoms with Crippen LogP contribution in [0.4, 0.5) is 5.69 Å². The average molecular weight is 335 g/mol. The lowest BCUT2D eigenvalue weighted by Crippen LogP contribution is -2.27. The van der Waals surface area contributed by atoms with E-state index < -0.39 is 5.41 Å². The minimum atomic E-state index is -0.529. The number of carbonyl (C=O) groups excluding carboxylic acids is 1. The van der Waals surface area contributed by atoms with Crippen molar-refractivity contribution in [1.82, 2.24) is 0 Å². The van der Waals surface area contributed by atoms with Crippen LogP contribution in [0.2, 0.25) is 0 Å². The summed E-state index contributed by atoms with van der Waals surface area (Å²) in [5, 5.41) is 2.89. The summed E-state index contributed by atoms with van der Waals surface area (Å²) in [4.78, 5) is 12.0. The zero-order chi connectivity index (χ0) is 14.5. The molecule has 5 heteroatoms. The first-order valence-electron chi connectivity index (χ1n) is 6.35. The molecular weight excluding hydrogens is 320 g/mol. The molecule has 1 aliphatic heterocycles. The molecule has 104 valence electrons. The maximum absolute atomic E-state index is 12.0. The quantitative estimate of drug-likeness (QED) is 0.885. The van der Waals surface area contributed by atoms with Gasteiger partial charge in [-0.1, -0.05) is 12.1 Å². The summed E-state index contributed by atoms with van der Waals surface area (Å²) >= 11 is 3.35. The van der Waals surface area contributed by atoms with Crippen LogP contribution in [0.15, 0.2) is 39.6 Å². The zero-order valence-corrected chi connectivity index (χ0v) is 12.8. The van der Waals surface area contributed by atoms with Gasteiger partial charge < -0.3 is 15.5 Å².